The maximum atomic E-state index is 12.9. The summed E-state index contributed by atoms with van der Waals surface area (Å²) in [5.41, 5.74) is 1.72. The number of amides is 1. The van der Waals surface area contributed by atoms with E-state index in [2.05, 4.69) is 4.99 Å². The van der Waals surface area contributed by atoms with Crippen molar-refractivity contribution in [2.24, 2.45) is 4.99 Å². The monoisotopic (exact) mass is 500 g/mol. The van der Waals surface area contributed by atoms with E-state index in [1.807, 2.05) is 6.92 Å². The molecule has 0 atom stereocenters. The lowest BCUT2D eigenvalue weighted by Gasteiger charge is -2.12. The fourth-order valence-corrected chi connectivity index (χ4v) is 4.59. The highest BCUT2D eigenvalue weighted by atomic mass is 35.5. The number of carbonyl (C=O) groups is 2. The zero-order valence-corrected chi connectivity index (χ0v) is 20.0. The van der Waals surface area contributed by atoms with Gasteiger partial charge < -0.3 is 9.15 Å². The molecule has 0 aliphatic carbocycles. The van der Waals surface area contributed by atoms with Crippen LogP contribution in [-0.4, -0.2) is 35.6 Å². The first-order valence-corrected chi connectivity index (χ1v) is 11.5. The van der Waals surface area contributed by atoms with Crippen molar-refractivity contribution < 1.29 is 18.7 Å². The maximum absolute atomic E-state index is 12.9. The standard InChI is InChI=1S/C24H18Cl2N2O4S/c1-3-28-22(29)21(33-24(28)27-16-7-4-14(5-8-16)23(30)31-2)13-17-9-11-20(32-17)18-12-15(25)6-10-19(18)26/h4-13H,3H2,1-2H3/b21-13+,27-24?. The third-order valence-electron chi connectivity index (χ3n) is 4.81. The second-order valence-corrected chi connectivity index (χ2v) is 8.77. The molecule has 0 saturated carbocycles. The number of rotatable bonds is 5. The predicted octanol–water partition coefficient (Wildman–Crippen LogP) is 6.66. The van der Waals surface area contributed by atoms with Crippen LogP contribution in [0.3, 0.4) is 0 Å². The molecule has 1 aliphatic heterocycles. The average molecular weight is 501 g/mol. The van der Waals surface area contributed by atoms with Gasteiger partial charge in [0.05, 0.1) is 28.3 Å². The van der Waals surface area contributed by atoms with Gasteiger partial charge in [-0.1, -0.05) is 23.2 Å². The molecule has 2 heterocycles. The van der Waals surface area contributed by atoms with Crippen LogP contribution in [0.2, 0.25) is 10.0 Å². The molecule has 0 radical (unpaired) electrons. The quantitative estimate of drug-likeness (QED) is 0.289. The maximum Gasteiger partial charge on any atom is 0.337 e. The number of ether oxygens (including phenoxy) is 1. The molecule has 0 unspecified atom stereocenters. The number of furan rings is 1. The third kappa shape index (κ3) is 5.00. The highest BCUT2D eigenvalue weighted by molar-refractivity contribution is 8.18. The zero-order chi connectivity index (χ0) is 23.5. The Morgan fingerprint density at radius 2 is 1.91 bits per heavy atom. The Kier molecular flexibility index (Phi) is 6.93. The van der Waals surface area contributed by atoms with E-state index in [9.17, 15) is 9.59 Å². The van der Waals surface area contributed by atoms with E-state index < -0.39 is 5.97 Å². The Labute approximate surface area is 204 Å². The molecule has 6 nitrogen and oxygen atoms in total. The molecule has 0 spiro atoms. The highest BCUT2D eigenvalue weighted by Gasteiger charge is 2.32. The van der Waals surface area contributed by atoms with E-state index in [0.29, 0.717) is 55.0 Å². The molecule has 4 rings (SSSR count). The number of halogens is 2. The molecule has 1 amide bonds. The van der Waals surface area contributed by atoms with E-state index in [1.165, 1.54) is 18.9 Å². The summed E-state index contributed by atoms with van der Waals surface area (Å²) >= 11 is 13.6. The van der Waals surface area contributed by atoms with Crippen LogP contribution in [-0.2, 0) is 9.53 Å². The number of carbonyl (C=O) groups excluding carboxylic acids is 2. The molecular weight excluding hydrogens is 483 g/mol. The lowest BCUT2D eigenvalue weighted by Crippen LogP contribution is -2.28. The lowest BCUT2D eigenvalue weighted by atomic mass is 10.2. The number of aliphatic imine (C=N–C) groups is 1. The van der Waals surface area contributed by atoms with Crippen LogP contribution in [0.25, 0.3) is 17.4 Å². The summed E-state index contributed by atoms with van der Waals surface area (Å²) in [6.07, 6.45) is 1.68. The van der Waals surface area contributed by atoms with Gasteiger partial charge in [-0.2, -0.15) is 0 Å². The largest absolute Gasteiger partial charge is 0.465 e. The zero-order valence-electron chi connectivity index (χ0n) is 17.7. The van der Waals surface area contributed by atoms with Gasteiger partial charge in [0.15, 0.2) is 5.17 Å². The van der Waals surface area contributed by atoms with Gasteiger partial charge in [0, 0.05) is 23.2 Å². The number of hydrogen-bond donors (Lipinski definition) is 0. The first-order valence-electron chi connectivity index (χ1n) is 9.93. The van der Waals surface area contributed by atoms with Gasteiger partial charge in [0.25, 0.3) is 5.91 Å². The molecule has 33 heavy (non-hydrogen) atoms. The number of nitrogens with zero attached hydrogens (tertiary/aromatic N) is 2. The number of likely N-dealkylation sites (N-methyl/N-ethyl adjacent to an activating group) is 1. The molecule has 1 aromatic heterocycles. The SMILES string of the molecule is CCN1C(=O)/C(=C\c2ccc(-c3cc(Cl)ccc3Cl)o2)SC1=Nc1ccc(C(=O)OC)cc1. The molecule has 0 N–H and O–H groups in total. The van der Waals surface area contributed by atoms with Gasteiger partial charge in [-0.25, -0.2) is 9.79 Å². The molecule has 1 fully saturated rings. The van der Waals surface area contributed by atoms with Crippen molar-refractivity contribution in [3.8, 4) is 11.3 Å². The second-order valence-electron chi connectivity index (χ2n) is 6.92. The first-order chi connectivity index (χ1) is 15.9. The van der Waals surface area contributed by atoms with Gasteiger partial charge in [-0.15, -0.1) is 0 Å². The molecule has 168 valence electrons. The van der Waals surface area contributed by atoms with E-state index in [4.69, 9.17) is 32.4 Å². The van der Waals surface area contributed by atoms with E-state index >= 15 is 0 Å². The summed E-state index contributed by atoms with van der Waals surface area (Å²) in [6, 6.07) is 15.3. The number of hydrogen-bond acceptors (Lipinski definition) is 6. The van der Waals surface area contributed by atoms with Gasteiger partial charge in [0.2, 0.25) is 0 Å². The highest BCUT2D eigenvalue weighted by Crippen LogP contribution is 2.36. The summed E-state index contributed by atoms with van der Waals surface area (Å²) in [7, 11) is 1.33. The molecular formula is C24H18Cl2N2O4S. The molecule has 9 heteroatoms. The van der Waals surface area contributed by atoms with Crippen LogP contribution in [0, 0.1) is 0 Å². The van der Waals surface area contributed by atoms with Crippen LogP contribution in [0.15, 0.2) is 68.9 Å². The summed E-state index contributed by atoms with van der Waals surface area (Å²) in [4.78, 5) is 31.2. The number of methoxy groups -OCH3 is 1. The van der Waals surface area contributed by atoms with Crippen molar-refractivity contribution in [2.75, 3.05) is 13.7 Å². The Morgan fingerprint density at radius 3 is 2.61 bits per heavy atom. The fraction of sp³-hybridized carbons (Fsp3) is 0.125. The van der Waals surface area contributed by atoms with Crippen molar-refractivity contribution in [2.45, 2.75) is 6.92 Å². The van der Waals surface area contributed by atoms with Crippen molar-refractivity contribution in [3.05, 3.63) is 80.9 Å². The molecule has 0 bridgehead atoms. The predicted molar refractivity (Wildman–Crippen MR) is 132 cm³/mol. The number of benzene rings is 2. The first kappa shape index (κ1) is 23.2. The summed E-state index contributed by atoms with van der Waals surface area (Å²) in [5.74, 6) is 0.483. The minimum atomic E-state index is -0.420. The van der Waals surface area contributed by atoms with Crippen LogP contribution in [0.4, 0.5) is 5.69 Å². The van der Waals surface area contributed by atoms with Gasteiger partial charge in [-0.05, 0) is 73.3 Å². The lowest BCUT2D eigenvalue weighted by molar-refractivity contribution is -0.122. The molecule has 2 aromatic carbocycles. The third-order valence-corrected chi connectivity index (χ3v) is 6.38. The van der Waals surface area contributed by atoms with Crippen molar-refractivity contribution in [1.82, 2.24) is 4.90 Å². The van der Waals surface area contributed by atoms with Crippen LogP contribution in [0.1, 0.15) is 23.0 Å². The van der Waals surface area contributed by atoms with Crippen LogP contribution >= 0.6 is 35.0 Å². The van der Waals surface area contributed by atoms with E-state index in [-0.39, 0.29) is 5.91 Å². The minimum Gasteiger partial charge on any atom is -0.465 e. The van der Waals surface area contributed by atoms with Crippen molar-refractivity contribution >= 4 is 63.8 Å². The normalized spacial score (nSPS) is 16.1. The van der Waals surface area contributed by atoms with Crippen LogP contribution in [0.5, 0.6) is 0 Å². The molecule has 1 aliphatic rings. The Balaban J connectivity index is 1.59. The Morgan fingerprint density at radius 1 is 1.15 bits per heavy atom. The number of thioether (sulfide) groups is 1. The summed E-state index contributed by atoms with van der Waals surface area (Å²) in [5, 5.41) is 1.61. The smallest absolute Gasteiger partial charge is 0.337 e. The number of amidine groups is 1. The molecule has 3 aromatic rings. The van der Waals surface area contributed by atoms with Crippen LogP contribution < -0.4 is 0 Å². The Bertz CT molecular complexity index is 1280. The van der Waals surface area contributed by atoms with Crippen molar-refractivity contribution in [3.63, 3.8) is 0 Å². The van der Waals surface area contributed by atoms with Crippen molar-refractivity contribution in [1.29, 1.82) is 0 Å². The van der Waals surface area contributed by atoms with E-state index in [1.54, 1.807) is 65.6 Å². The van der Waals surface area contributed by atoms with E-state index in [0.717, 1.165) is 0 Å². The average Bonchev–Trinajstić information content (AvgIpc) is 3.39. The fourth-order valence-electron chi connectivity index (χ4n) is 3.16. The number of esters is 1. The van der Waals surface area contributed by atoms with Gasteiger partial charge in [0.1, 0.15) is 11.5 Å². The summed E-state index contributed by atoms with van der Waals surface area (Å²) in [6.45, 7) is 2.34. The second kappa shape index (κ2) is 9.87. The van der Waals surface area contributed by atoms with Gasteiger partial charge >= 0.3 is 5.97 Å². The Hall–Kier alpha value is -3.00. The van der Waals surface area contributed by atoms with Gasteiger partial charge in [-0.3, -0.25) is 9.69 Å². The summed E-state index contributed by atoms with van der Waals surface area (Å²) < 4.78 is 10.6. The molecule has 1 saturated heterocycles. The topological polar surface area (TPSA) is 72.1 Å². The minimum absolute atomic E-state index is 0.161.